The van der Waals surface area contributed by atoms with Gasteiger partial charge in [0, 0.05) is 37.2 Å². The van der Waals surface area contributed by atoms with E-state index in [1.54, 1.807) is 12.3 Å². The van der Waals surface area contributed by atoms with Gasteiger partial charge in [-0.2, -0.15) is 5.26 Å². The molecule has 1 N–H and O–H groups in total. The third-order valence-corrected chi connectivity index (χ3v) is 3.05. The number of aromatic nitrogens is 1. The maximum atomic E-state index is 8.97. The summed E-state index contributed by atoms with van der Waals surface area (Å²) in [7, 11) is 1.98. The number of nitrogens with zero attached hydrogens (tertiary/aromatic N) is 3. The summed E-state index contributed by atoms with van der Waals surface area (Å²) in [6, 6.07) is 13.7. The van der Waals surface area contributed by atoms with E-state index >= 15 is 0 Å². The molecule has 0 aliphatic rings. The molecule has 0 spiro atoms. The molecule has 4 heteroatoms. The van der Waals surface area contributed by atoms with Crippen molar-refractivity contribution in [1.82, 2.24) is 4.98 Å². The highest BCUT2D eigenvalue weighted by Crippen LogP contribution is 2.25. The maximum absolute atomic E-state index is 8.97. The largest absolute Gasteiger partial charge is 0.370 e. The molecule has 0 aliphatic heterocycles. The van der Waals surface area contributed by atoms with E-state index in [-0.39, 0.29) is 0 Å². The molecule has 20 heavy (non-hydrogen) atoms. The molecule has 1 aromatic heterocycles. The summed E-state index contributed by atoms with van der Waals surface area (Å²) in [5, 5.41) is 12.2. The van der Waals surface area contributed by atoms with Gasteiger partial charge in [0.15, 0.2) is 0 Å². The molecule has 0 saturated carbocycles. The minimum atomic E-state index is 0.660. The van der Waals surface area contributed by atoms with Crippen LogP contribution < -0.4 is 10.2 Å². The fraction of sp³-hybridized carbons (Fsp3) is 0.250. The minimum absolute atomic E-state index is 0.660. The first-order valence-corrected chi connectivity index (χ1v) is 6.68. The van der Waals surface area contributed by atoms with Crippen molar-refractivity contribution in [2.24, 2.45) is 0 Å². The van der Waals surface area contributed by atoms with Crippen molar-refractivity contribution in [1.29, 1.82) is 5.26 Å². The highest BCUT2D eigenvalue weighted by molar-refractivity contribution is 5.66. The van der Waals surface area contributed by atoms with Gasteiger partial charge in [0.25, 0.3) is 0 Å². The Hall–Kier alpha value is -2.54. The SMILES string of the molecule is CCCNc1cc(N(C)c2cccc(C#N)c2)ccn1. The van der Waals surface area contributed by atoms with Crippen molar-refractivity contribution < 1.29 is 0 Å². The van der Waals surface area contributed by atoms with Gasteiger partial charge in [-0.15, -0.1) is 0 Å². The topological polar surface area (TPSA) is 52.0 Å². The first kappa shape index (κ1) is 13.9. The lowest BCUT2D eigenvalue weighted by Gasteiger charge is -2.20. The lowest BCUT2D eigenvalue weighted by Crippen LogP contribution is -2.10. The number of nitriles is 1. The molecule has 0 fully saturated rings. The maximum Gasteiger partial charge on any atom is 0.127 e. The van der Waals surface area contributed by atoms with E-state index in [2.05, 4.69) is 23.3 Å². The van der Waals surface area contributed by atoms with E-state index in [0.29, 0.717) is 5.56 Å². The molecule has 0 bridgehead atoms. The summed E-state index contributed by atoms with van der Waals surface area (Å²) in [5.74, 6) is 0.868. The zero-order valence-electron chi connectivity index (χ0n) is 11.8. The van der Waals surface area contributed by atoms with Crippen LogP contribution in [0.25, 0.3) is 0 Å². The van der Waals surface area contributed by atoms with Crippen LogP contribution in [0.4, 0.5) is 17.2 Å². The quantitative estimate of drug-likeness (QED) is 0.899. The minimum Gasteiger partial charge on any atom is -0.370 e. The number of anilines is 3. The monoisotopic (exact) mass is 266 g/mol. The molecule has 1 heterocycles. The van der Waals surface area contributed by atoms with Crippen molar-refractivity contribution in [3.63, 3.8) is 0 Å². The zero-order chi connectivity index (χ0) is 14.4. The number of hydrogen-bond acceptors (Lipinski definition) is 4. The molecule has 4 nitrogen and oxygen atoms in total. The van der Waals surface area contributed by atoms with Crippen LogP contribution in [0.3, 0.4) is 0 Å². The predicted octanol–water partition coefficient (Wildman–Crippen LogP) is 3.54. The lowest BCUT2D eigenvalue weighted by molar-refractivity contribution is 0.968. The second-order valence-electron chi connectivity index (χ2n) is 4.55. The molecule has 0 atom stereocenters. The number of benzene rings is 1. The average molecular weight is 266 g/mol. The second-order valence-corrected chi connectivity index (χ2v) is 4.55. The normalized spacial score (nSPS) is 9.85. The average Bonchev–Trinajstić information content (AvgIpc) is 2.52. The molecule has 0 unspecified atom stereocenters. The molecule has 102 valence electrons. The third-order valence-electron chi connectivity index (χ3n) is 3.05. The Labute approximate surface area is 119 Å². The summed E-state index contributed by atoms with van der Waals surface area (Å²) in [6.07, 6.45) is 2.85. The van der Waals surface area contributed by atoms with Gasteiger partial charge in [0.2, 0.25) is 0 Å². The van der Waals surface area contributed by atoms with E-state index in [1.165, 1.54) is 0 Å². The smallest absolute Gasteiger partial charge is 0.127 e. The number of hydrogen-bond donors (Lipinski definition) is 1. The van der Waals surface area contributed by atoms with Crippen LogP contribution in [0.5, 0.6) is 0 Å². The van der Waals surface area contributed by atoms with Crippen molar-refractivity contribution in [2.75, 3.05) is 23.8 Å². The summed E-state index contributed by atoms with van der Waals surface area (Å²) in [5.41, 5.74) is 2.68. The number of rotatable bonds is 5. The fourth-order valence-electron chi connectivity index (χ4n) is 1.91. The van der Waals surface area contributed by atoms with E-state index in [9.17, 15) is 0 Å². The number of nitrogens with one attached hydrogen (secondary N) is 1. The zero-order valence-corrected chi connectivity index (χ0v) is 11.8. The summed E-state index contributed by atoms with van der Waals surface area (Å²) < 4.78 is 0. The van der Waals surface area contributed by atoms with Crippen molar-refractivity contribution in [3.05, 3.63) is 48.2 Å². The lowest BCUT2D eigenvalue weighted by atomic mass is 10.2. The van der Waals surface area contributed by atoms with E-state index in [4.69, 9.17) is 5.26 Å². The molecule has 0 saturated heterocycles. The standard InChI is InChI=1S/C16H18N4/c1-3-8-18-16-11-15(7-9-19-16)20(2)14-6-4-5-13(10-14)12-17/h4-7,9-11H,3,8H2,1-2H3,(H,18,19). The van der Waals surface area contributed by atoms with Gasteiger partial charge in [-0.3, -0.25) is 0 Å². The predicted molar refractivity (Wildman–Crippen MR) is 82.2 cm³/mol. The van der Waals surface area contributed by atoms with Crippen LogP contribution in [0.1, 0.15) is 18.9 Å². The summed E-state index contributed by atoms with van der Waals surface area (Å²) >= 11 is 0. The van der Waals surface area contributed by atoms with Crippen LogP contribution in [-0.4, -0.2) is 18.6 Å². The van der Waals surface area contributed by atoms with Crippen LogP contribution >= 0.6 is 0 Å². The molecule has 1 aromatic carbocycles. The van der Waals surface area contributed by atoms with Gasteiger partial charge in [-0.05, 0) is 30.7 Å². The molecule has 0 aliphatic carbocycles. The van der Waals surface area contributed by atoms with Crippen LogP contribution in [-0.2, 0) is 0 Å². The van der Waals surface area contributed by atoms with Gasteiger partial charge < -0.3 is 10.2 Å². The van der Waals surface area contributed by atoms with Gasteiger partial charge in [-0.25, -0.2) is 4.98 Å². The molecule has 2 aromatic rings. The first-order valence-electron chi connectivity index (χ1n) is 6.68. The summed E-state index contributed by atoms with van der Waals surface area (Å²) in [6.45, 7) is 3.03. The van der Waals surface area contributed by atoms with Gasteiger partial charge in [0.05, 0.1) is 11.6 Å². The van der Waals surface area contributed by atoms with Gasteiger partial charge in [0.1, 0.15) is 5.82 Å². The second kappa shape index (κ2) is 6.58. The van der Waals surface area contributed by atoms with Crippen LogP contribution in [0, 0.1) is 11.3 Å². The van der Waals surface area contributed by atoms with Crippen LogP contribution in [0.2, 0.25) is 0 Å². The van der Waals surface area contributed by atoms with Gasteiger partial charge >= 0.3 is 0 Å². The Kier molecular flexibility index (Phi) is 4.56. The number of pyridine rings is 1. The van der Waals surface area contributed by atoms with E-state index in [0.717, 1.165) is 30.2 Å². The van der Waals surface area contributed by atoms with Crippen LogP contribution in [0.15, 0.2) is 42.6 Å². The Balaban J connectivity index is 2.23. The highest BCUT2D eigenvalue weighted by atomic mass is 15.1. The summed E-state index contributed by atoms with van der Waals surface area (Å²) in [4.78, 5) is 6.34. The van der Waals surface area contributed by atoms with E-state index < -0.39 is 0 Å². The molecular formula is C16H18N4. The Morgan fingerprint density at radius 2 is 2.05 bits per heavy atom. The Morgan fingerprint density at radius 1 is 1.25 bits per heavy atom. The first-order chi connectivity index (χ1) is 9.74. The Bertz CT molecular complexity index is 616. The fourth-order valence-corrected chi connectivity index (χ4v) is 1.91. The van der Waals surface area contributed by atoms with E-state index in [1.807, 2.05) is 42.3 Å². The Morgan fingerprint density at radius 3 is 2.80 bits per heavy atom. The van der Waals surface area contributed by atoms with Gasteiger partial charge in [-0.1, -0.05) is 13.0 Å². The third kappa shape index (κ3) is 3.27. The van der Waals surface area contributed by atoms with Crippen molar-refractivity contribution in [2.45, 2.75) is 13.3 Å². The van der Waals surface area contributed by atoms with Crippen molar-refractivity contribution in [3.8, 4) is 6.07 Å². The molecular weight excluding hydrogens is 248 g/mol. The van der Waals surface area contributed by atoms with Crippen molar-refractivity contribution >= 4 is 17.2 Å². The molecule has 2 rings (SSSR count). The molecule has 0 amide bonds. The highest BCUT2D eigenvalue weighted by Gasteiger charge is 2.06. The molecule has 0 radical (unpaired) electrons.